The Labute approximate surface area is 161 Å². The van der Waals surface area contributed by atoms with E-state index in [9.17, 15) is 9.50 Å². The number of rotatable bonds is 9. The number of aliphatic hydroxyl groups is 1. The molecule has 1 unspecified atom stereocenters. The van der Waals surface area contributed by atoms with Gasteiger partial charge in [0.15, 0.2) is 0 Å². The summed E-state index contributed by atoms with van der Waals surface area (Å²) >= 11 is 0. The predicted octanol–water partition coefficient (Wildman–Crippen LogP) is 3.08. The minimum atomic E-state index is -0.385. The lowest BCUT2D eigenvalue weighted by molar-refractivity contribution is 0.0628. The second kappa shape index (κ2) is 10.5. The molecular formula is C22H29FN2O2. The van der Waals surface area contributed by atoms with Gasteiger partial charge in [-0.05, 0) is 29.7 Å². The average Bonchev–Trinajstić information content (AvgIpc) is 2.72. The van der Waals surface area contributed by atoms with Gasteiger partial charge in [-0.3, -0.25) is 4.90 Å². The molecule has 0 bridgehead atoms. The third kappa shape index (κ3) is 6.70. The number of benzene rings is 2. The Morgan fingerprint density at radius 2 is 1.52 bits per heavy atom. The van der Waals surface area contributed by atoms with Crippen molar-refractivity contribution in [2.45, 2.75) is 19.1 Å². The summed E-state index contributed by atoms with van der Waals surface area (Å²) in [6, 6.07) is 16.3. The maximum absolute atomic E-state index is 12.9. The van der Waals surface area contributed by atoms with E-state index in [0.29, 0.717) is 13.2 Å². The van der Waals surface area contributed by atoms with E-state index in [1.165, 1.54) is 12.1 Å². The monoisotopic (exact) mass is 372 g/mol. The zero-order valence-corrected chi connectivity index (χ0v) is 15.8. The van der Waals surface area contributed by atoms with Crippen molar-refractivity contribution in [1.82, 2.24) is 9.80 Å². The Bertz CT molecular complexity index is 658. The predicted molar refractivity (Wildman–Crippen MR) is 105 cm³/mol. The second-order valence-electron chi connectivity index (χ2n) is 7.08. The largest absolute Gasteiger partial charge is 0.388 e. The van der Waals surface area contributed by atoms with E-state index in [-0.39, 0.29) is 11.9 Å². The lowest BCUT2D eigenvalue weighted by Gasteiger charge is -2.35. The Morgan fingerprint density at radius 3 is 2.19 bits per heavy atom. The van der Waals surface area contributed by atoms with Gasteiger partial charge >= 0.3 is 0 Å². The van der Waals surface area contributed by atoms with Crippen LogP contribution in [0.15, 0.2) is 54.6 Å². The Balaban J connectivity index is 1.27. The third-order valence-corrected chi connectivity index (χ3v) is 5.10. The molecule has 0 aromatic heterocycles. The summed E-state index contributed by atoms with van der Waals surface area (Å²) in [5.41, 5.74) is 1.99. The van der Waals surface area contributed by atoms with E-state index in [2.05, 4.69) is 9.80 Å². The quantitative estimate of drug-likeness (QED) is 0.686. The average molecular weight is 372 g/mol. The molecule has 0 aliphatic carbocycles. The molecule has 27 heavy (non-hydrogen) atoms. The molecule has 4 nitrogen and oxygen atoms in total. The summed E-state index contributed by atoms with van der Waals surface area (Å²) in [6.07, 6.45) is 0.384. The fourth-order valence-corrected chi connectivity index (χ4v) is 3.35. The fourth-order valence-electron chi connectivity index (χ4n) is 3.35. The van der Waals surface area contributed by atoms with Crippen LogP contribution in [-0.4, -0.2) is 60.8 Å². The summed E-state index contributed by atoms with van der Waals surface area (Å²) in [4.78, 5) is 4.83. The number of piperazine rings is 1. The molecule has 0 saturated carbocycles. The van der Waals surface area contributed by atoms with Crippen LogP contribution in [0.4, 0.5) is 4.39 Å². The zero-order valence-electron chi connectivity index (χ0n) is 15.8. The van der Waals surface area contributed by atoms with E-state index >= 15 is 0 Å². The van der Waals surface area contributed by atoms with Crippen molar-refractivity contribution in [3.8, 4) is 0 Å². The summed E-state index contributed by atoms with van der Waals surface area (Å²) in [5, 5.41) is 10.3. The van der Waals surface area contributed by atoms with Gasteiger partial charge in [0, 0.05) is 39.3 Å². The molecule has 2 aromatic carbocycles. The van der Waals surface area contributed by atoms with Gasteiger partial charge in [-0.25, -0.2) is 4.39 Å². The van der Waals surface area contributed by atoms with Crippen LogP contribution >= 0.6 is 0 Å². The first-order valence-corrected chi connectivity index (χ1v) is 9.70. The third-order valence-electron chi connectivity index (χ3n) is 5.10. The standard InChI is InChI=1S/C22H29FN2O2/c23-21-8-6-19(7-9-21)18-27-17-16-25-14-12-24(13-15-25)11-10-22(26)20-4-2-1-3-5-20/h1-9,22,26H,10-18H2. The van der Waals surface area contributed by atoms with Crippen molar-refractivity contribution in [1.29, 1.82) is 0 Å². The van der Waals surface area contributed by atoms with Crippen LogP contribution in [0.25, 0.3) is 0 Å². The van der Waals surface area contributed by atoms with Crippen molar-refractivity contribution in [3.63, 3.8) is 0 Å². The molecule has 2 aromatic rings. The maximum Gasteiger partial charge on any atom is 0.123 e. The lowest BCUT2D eigenvalue weighted by Crippen LogP contribution is -2.47. The first-order valence-electron chi connectivity index (χ1n) is 9.70. The highest BCUT2D eigenvalue weighted by Gasteiger charge is 2.17. The van der Waals surface area contributed by atoms with Gasteiger partial charge in [0.05, 0.1) is 19.3 Å². The van der Waals surface area contributed by atoms with Crippen molar-refractivity contribution >= 4 is 0 Å². The number of halogens is 1. The molecule has 1 aliphatic heterocycles. The summed E-state index contributed by atoms with van der Waals surface area (Å²) in [6.45, 7) is 7.16. The van der Waals surface area contributed by atoms with E-state index in [0.717, 1.165) is 56.8 Å². The number of hydrogen-bond donors (Lipinski definition) is 1. The van der Waals surface area contributed by atoms with Crippen LogP contribution in [-0.2, 0) is 11.3 Å². The summed E-state index contributed by atoms with van der Waals surface area (Å²) in [7, 11) is 0. The van der Waals surface area contributed by atoms with Crippen LogP contribution in [0, 0.1) is 5.82 Å². The van der Waals surface area contributed by atoms with Gasteiger partial charge in [-0.2, -0.15) is 0 Å². The molecule has 1 N–H and O–H groups in total. The van der Waals surface area contributed by atoms with Gasteiger partial charge in [0.2, 0.25) is 0 Å². The Hall–Kier alpha value is -1.79. The molecule has 3 rings (SSSR count). The summed E-state index contributed by atoms with van der Waals surface area (Å²) < 4.78 is 18.6. The van der Waals surface area contributed by atoms with Gasteiger partial charge in [-0.1, -0.05) is 42.5 Å². The normalized spacial score (nSPS) is 17.1. The molecule has 1 saturated heterocycles. The first kappa shape index (κ1) is 20.0. The van der Waals surface area contributed by atoms with Gasteiger partial charge in [0.25, 0.3) is 0 Å². The van der Waals surface area contributed by atoms with Crippen molar-refractivity contribution < 1.29 is 14.2 Å². The van der Waals surface area contributed by atoms with Crippen LogP contribution in [0.3, 0.4) is 0 Å². The summed E-state index contributed by atoms with van der Waals surface area (Å²) in [5.74, 6) is -0.215. The number of ether oxygens (including phenoxy) is 1. The highest BCUT2D eigenvalue weighted by Crippen LogP contribution is 2.17. The molecule has 1 aliphatic rings. The smallest absolute Gasteiger partial charge is 0.123 e. The topological polar surface area (TPSA) is 35.9 Å². The molecule has 0 spiro atoms. The SMILES string of the molecule is OC(CCN1CCN(CCOCc2ccc(F)cc2)CC1)c1ccccc1. The molecule has 0 radical (unpaired) electrons. The molecular weight excluding hydrogens is 343 g/mol. The van der Waals surface area contributed by atoms with Crippen molar-refractivity contribution in [2.24, 2.45) is 0 Å². The minimum absolute atomic E-state index is 0.215. The van der Waals surface area contributed by atoms with Gasteiger partial charge < -0.3 is 14.7 Å². The maximum atomic E-state index is 12.9. The Morgan fingerprint density at radius 1 is 0.889 bits per heavy atom. The highest BCUT2D eigenvalue weighted by atomic mass is 19.1. The number of hydrogen-bond acceptors (Lipinski definition) is 4. The molecule has 1 heterocycles. The van der Waals surface area contributed by atoms with Crippen molar-refractivity contribution in [3.05, 3.63) is 71.5 Å². The van der Waals surface area contributed by atoms with Gasteiger partial charge in [0.1, 0.15) is 5.82 Å². The van der Waals surface area contributed by atoms with E-state index in [4.69, 9.17) is 4.74 Å². The molecule has 5 heteroatoms. The van der Waals surface area contributed by atoms with Gasteiger partial charge in [-0.15, -0.1) is 0 Å². The van der Waals surface area contributed by atoms with Crippen LogP contribution in [0.2, 0.25) is 0 Å². The molecule has 146 valence electrons. The van der Waals surface area contributed by atoms with Crippen LogP contribution in [0.1, 0.15) is 23.7 Å². The molecule has 1 fully saturated rings. The van der Waals surface area contributed by atoms with E-state index in [1.807, 2.05) is 30.3 Å². The Kier molecular flexibility index (Phi) is 7.78. The number of nitrogens with zero attached hydrogens (tertiary/aromatic N) is 2. The van der Waals surface area contributed by atoms with E-state index < -0.39 is 0 Å². The number of aliphatic hydroxyl groups excluding tert-OH is 1. The molecule has 0 amide bonds. The first-order chi connectivity index (χ1) is 13.2. The fraction of sp³-hybridized carbons (Fsp3) is 0.455. The van der Waals surface area contributed by atoms with E-state index in [1.54, 1.807) is 12.1 Å². The zero-order chi connectivity index (χ0) is 18.9. The minimum Gasteiger partial charge on any atom is -0.388 e. The second-order valence-corrected chi connectivity index (χ2v) is 7.08. The highest BCUT2D eigenvalue weighted by molar-refractivity contribution is 5.17. The van der Waals surface area contributed by atoms with Crippen molar-refractivity contribution in [2.75, 3.05) is 45.9 Å². The lowest BCUT2D eigenvalue weighted by atomic mass is 10.1. The van der Waals surface area contributed by atoms with Crippen LogP contribution in [0.5, 0.6) is 0 Å². The van der Waals surface area contributed by atoms with Crippen LogP contribution < -0.4 is 0 Å². The molecule has 1 atom stereocenters.